The van der Waals surface area contributed by atoms with Gasteiger partial charge >= 0.3 is 6.18 Å². The van der Waals surface area contributed by atoms with E-state index in [-0.39, 0.29) is 4.90 Å². The Hall–Kier alpha value is -2.86. The minimum atomic E-state index is -4.54. The summed E-state index contributed by atoms with van der Waals surface area (Å²) in [5.41, 5.74) is 1.86. The first-order chi connectivity index (χ1) is 12.8. The van der Waals surface area contributed by atoms with Gasteiger partial charge in [0.2, 0.25) is 0 Å². The molecule has 0 radical (unpaired) electrons. The molecule has 1 atom stereocenters. The molecule has 3 aromatic carbocycles. The molecule has 138 valence electrons. The van der Waals surface area contributed by atoms with Crippen molar-refractivity contribution in [2.45, 2.75) is 11.1 Å². The predicted octanol–water partition coefficient (Wildman–Crippen LogP) is 6.45. The van der Waals surface area contributed by atoms with Crippen LogP contribution in [0.3, 0.4) is 0 Å². The summed E-state index contributed by atoms with van der Waals surface area (Å²) in [6.45, 7) is 0. The second-order valence-corrected chi connectivity index (χ2v) is 7.86. The average molecular weight is 387 g/mol. The van der Waals surface area contributed by atoms with Gasteiger partial charge in [0.1, 0.15) is 0 Å². The van der Waals surface area contributed by atoms with Gasteiger partial charge in [-0.15, -0.1) is 0 Å². The van der Waals surface area contributed by atoms with Crippen molar-refractivity contribution in [3.63, 3.8) is 0 Å². The van der Waals surface area contributed by atoms with Gasteiger partial charge in [0.25, 0.3) is 0 Å². The Morgan fingerprint density at radius 3 is 2.07 bits per heavy atom. The number of halogens is 3. The van der Waals surface area contributed by atoms with Gasteiger partial charge in [-0.1, -0.05) is 60.7 Å². The molecular weight excluding hydrogens is 371 g/mol. The summed E-state index contributed by atoms with van der Waals surface area (Å²) in [4.78, 5) is -0.172. The highest BCUT2D eigenvalue weighted by Crippen LogP contribution is 2.31. The fraction of sp³-hybridized carbons (Fsp3) is 0.0476. The van der Waals surface area contributed by atoms with Gasteiger partial charge in [0, 0.05) is 5.41 Å². The zero-order chi connectivity index (χ0) is 19.5. The highest BCUT2D eigenvalue weighted by atomic mass is 32.2. The fourth-order valence-corrected chi connectivity index (χ4v) is 3.62. The van der Waals surface area contributed by atoms with Gasteiger partial charge in [-0.05, 0) is 41.0 Å². The molecule has 0 heterocycles. The smallest absolute Gasteiger partial charge is 0.245 e. The molecule has 0 amide bonds. The molecule has 1 N–H and O–H groups in total. The quantitative estimate of drug-likeness (QED) is 0.549. The summed E-state index contributed by atoms with van der Waals surface area (Å²) in [6.07, 6.45) is -3.05. The normalized spacial score (nSPS) is 14.2. The number of nitrogens with one attached hydrogen (secondary N) is 1. The van der Waals surface area contributed by atoms with Crippen molar-refractivity contribution < 1.29 is 17.4 Å². The van der Waals surface area contributed by atoms with Crippen LogP contribution in [0.1, 0.15) is 11.1 Å². The third kappa shape index (κ3) is 4.65. The van der Waals surface area contributed by atoms with E-state index in [2.05, 4.69) is 0 Å². The van der Waals surface area contributed by atoms with Crippen LogP contribution in [-0.2, 0) is 15.9 Å². The van der Waals surface area contributed by atoms with Crippen molar-refractivity contribution in [2.24, 2.45) is 0 Å². The lowest BCUT2D eigenvalue weighted by Gasteiger charge is -2.09. The average Bonchev–Trinajstić information content (AvgIpc) is 2.67. The molecule has 3 aromatic rings. The molecule has 3 rings (SSSR count). The van der Waals surface area contributed by atoms with Crippen molar-refractivity contribution >= 4 is 15.8 Å². The second-order valence-electron chi connectivity index (χ2n) is 5.92. The molecule has 0 aliphatic carbocycles. The van der Waals surface area contributed by atoms with Gasteiger partial charge in [-0.3, -0.25) is 0 Å². The van der Waals surface area contributed by atoms with Crippen LogP contribution >= 0.6 is 0 Å². The monoisotopic (exact) mass is 387 g/mol. The first kappa shape index (κ1) is 18.9. The Balaban J connectivity index is 1.83. The van der Waals surface area contributed by atoms with Crippen LogP contribution in [0.4, 0.5) is 13.2 Å². The summed E-state index contributed by atoms with van der Waals surface area (Å²) in [6, 6.07) is 21.3. The molecule has 6 heteroatoms. The molecule has 0 saturated carbocycles. The minimum absolute atomic E-state index is 0.172. The van der Waals surface area contributed by atoms with E-state index < -0.39 is 21.5 Å². The van der Waals surface area contributed by atoms with Crippen LogP contribution in [0.25, 0.3) is 17.2 Å². The van der Waals surface area contributed by atoms with Crippen LogP contribution in [0.2, 0.25) is 0 Å². The minimum Gasteiger partial charge on any atom is -0.245 e. The van der Waals surface area contributed by atoms with E-state index in [0.29, 0.717) is 5.56 Å². The summed E-state index contributed by atoms with van der Waals surface area (Å²) in [5.74, 6) is 0. The standard InChI is InChI=1S/C21H16F3NOS/c22-21(23,24)19-7-4-8-20(15-19)27(25,26)14-13-16-9-11-18(12-10-16)17-5-2-1-3-6-17/h1-15,25H/b14-13+. The molecule has 0 saturated heterocycles. The lowest BCUT2D eigenvalue weighted by Crippen LogP contribution is -2.06. The fourth-order valence-electron chi connectivity index (χ4n) is 2.53. The lowest BCUT2D eigenvalue weighted by atomic mass is 10.0. The molecule has 0 aliphatic rings. The van der Waals surface area contributed by atoms with Gasteiger partial charge in [0.05, 0.1) is 20.2 Å². The van der Waals surface area contributed by atoms with Gasteiger partial charge in [-0.2, -0.15) is 13.2 Å². The summed E-state index contributed by atoms with van der Waals surface area (Å²) >= 11 is 0. The Bertz CT molecular complexity index is 1050. The predicted molar refractivity (Wildman–Crippen MR) is 101 cm³/mol. The van der Waals surface area contributed by atoms with E-state index in [4.69, 9.17) is 4.78 Å². The van der Waals surface area contributed by atoms with Crippen molar-refractivity contribution in [1.82, 2.24) is 0 Å². The number of hydrogen-bond acceptors (Lipinski definition) is 2. The number of rotatable bonds is 4. The SMILES string of the molecule is N=S(=O)(/C=C/c1ccc(-c2ccccc2)cc1)c1cccc(C(F)(F)F)c1. The highest BCUT2D eigenvalue weighted by Gasteiger charge is 2.31. The van der Waals surface area contributed by atoms with Crippen molar-refractivity contribution in [2.75, 3.05) is 0 Å². The maximum absolute atomic E-state index is 12.8. The van der Waals surface area contributed by atoms with Crippen molar-refractivity contribution in [3.05, 3.63) is 95.4 Å². The first-order valence-corrected chi connectivity index (χ1v) is 9.67. The van der Waals surface area contributed by atoms with E-state index in [1.165, 1.54) is 12.1 Å². The maximum Gasteiger partial charge on any atom is 0.416 e. The second kappa shape index (κ2) is 7.40. The first-order valence-electron chi connectivity index (χ1n) is 8.05. The zero-order valence-electron chi connectivity index (χ0n) is 14.1. The van der Waals surface area contributed by atoms with Crippen LogP contribution in [0.15, 0.2) is 89.2 Å². The Morgan fingerprint density at radius 1 is 0.815 bits per heavy atom. The van der Waals surface area contributed by atoms with E-state index >= 15 is 0 Å². The van der Waals surface area contributed by atoms with Crippen molar-refractivity contribution in [3.8, 4) is 11.1 Å². The lowest BCUT2D eigenvalue weighted by molar-refractivity contribution is -0.137. The molecule has 1 unspecified atom stereocenters. The number of alkyl halides is 3. The summed E-state index contributed by atoms with van der Waals surface area (Å²) in [7, 11) is -3.48. The molecule has 27 heavy (non-hydrogen) atoms. The molecular formula is C21H16F3NOS. The van der Waals surface area contributed by atoms with E-state index in [1.54, 1.807) is 12.1 Å². The molecule has 0 aromatic heterocycles. The van der Waals surface area contributed by atoms with Gasteiger partial charge in [0.15, 0.2) is 0 Å². The largest absolute Gasteiger partial charge is 0.416 e. The Kier molecular flexibility index (Phi) is 5.19. The Morgan fingerprint density at radius 2 is 1.44 bits per heavy atom. The highest BCUT2D eigenvalue weighted by molar-refractivity contribution is 7.95. The molecule has 0 spiro atoms. The summed E-state index contributed by atoms with van der Waals surface area (Å²) < 4.78 is 58.9. The topological polar surface area (TPSA) is 40.9 Å². The van der Waals surface area contributed by atoms with Crippen LogP contribution < -0.4 is 0 Å². The van der Waals surface area contributed by atoms with Gasteiger partial charge < -0.3 is 0 Å². The molecule has 0 fully saturated rings. The zero-order valence-corrected chi connectivity index (χ0v) is 14.9. The van der Waals surface area contributed by atoms with E-state index in [0.717, 1.165) is 34.7 Å². The third-order valence-corrected chi connectivity index (χ3v) is 5.46. The Labute approximate surface area is 156 Å². The van der Waals surface area contributed by atoms with Gasteiger partial charge in [-0.25, -0.2) is 8.99 Å². The summed E-state index contributed by atoms with van der Waals surface area (Å²) in [5, 5.41) is 1.14. The number of hydrogen-bond donors (Lipinski definition) is 1. The van der Waals surface area contributed by atoms with Crippen molar-refractivity contribution in [1.29, 1.82) is 4.78 Å². The number of benzene rings is 3. The molecule has 0 aliphatic heterocycles. The third-order valence-electron chi connectivity index (χ3n) is 3.98. The maximum atomic E-state index is 12.8. The van der Waals surface area contributed by atoms with Crippen LogP contribution in [-0.4, -0.2) is 4.21 Å². The van der Waals surface area contributed by atoms with E-state index in [1.807, 2.05) is 42.5 Å². The van der Waals surface area contributed by atoms with Crippen LogP contribution in [0.5, 0.6) is 0 Å². The molecule has 0 bridgehead atoms. The van der Waals surface area contributed by atoms with Crippen LogP contribution in [0, 0.1) is 4.78 Å². The molecule has 2 nitrogen and oxygen atoms in total. The van der Waals surface area contributed by atoms with E-state index in [9.17, 15) is 17.4 Å².